The lowest BCUT2D eigenvalue weighted by Crippen LogP contribution is -2.48. The Bertz CT molecular complexity index is 590. The van der Waals surface area contributed by atoms with E-state index in [1.54, 1.807) is 4.90 Å². The molecule has 0 radical (unpaired) electrons. The second-order valence-electron chi connectivity index (χ2n) is 7.45. The van der Waals surface area contributed by atoms with Gasteiger partial charge in [-0.25, -0.2) is 14.0 Å². The number of amides is 4. The molecule has 0 bridgehead atoms. The second kappa shape index (κ2) is 8.18. The van der Waals surface area contributed by atoms with Crippen molar-refractivity contribution in [1.82, 2.24) is 15.5 Å². The van der Waals surface area contributed by atoms with Gasteiger partial charge in [-0.05, 0) is 63.8 Å². The number of piperidine rings is 1. The summed E-state index contributed by atoms with van der Waals surface area (Å²) in [5.41, 5.74) is 0.320. The lowest BCUT2D eigenvalue weighted by Gasteiger charge is -2.32. The highest BCUT2D eigenvalue weighted by Gasteiger charge is 2.23. The van der Waals surface area contributed by atoms with Crippen molar-refractivity contribution in [3.05, 3.63) is 30.1 Å². The van der Waals surface area contributed by atoms with E-state index in [0.717, 1.165) is 12.8 Å². The van der Waals surface area contributed by atoms with E-state index in [-0.39, 0.29) is 23.4 Å². The number of anilines is 1. The minimum Gasteiger partial charge on any atom is -0.338 e. The van der Waals surface area contributed by atoms with Gasteiger partial charge in [0.05, 0.1) is 0 Å². The van der Waals surface area contributed by atoms with Crippen molar-refractivity contribution in [2.75, 3.05) is 25.0 Å². The SMILES string of the molecule is CC(C)(C)NC(=O)NCC1CCN(C(=O)Nc2ccc(F)cc2)CC1. The molecule has 0 aliphatic carbocycles. The van der Waals surface area contributed by atoms with Crippen LogP contribution in [0.5, 0.6) is 0 Å². The number of hydrogen-bond acceptors (Lipinski definition) is 2. The molecule has 0 aromatic heterocycles. The molecule has 0 unspecified atom stereocenters. The number of likely N-dealkylation sites (tertiary alicyclic amines) is 1. The third-order valence-electron chi connectivity index (χ3n) is 4.04. The van der Waals surface area contributed by atoms with Crippen molar-refractivity contribution in [2.24, 2.45) is 5.92 Å². The topological polar surface area (TPSA) is 73.5 Å². The van der Waals surface area contributed by atoms with Crippen molar-refractivity contribution < 1.29 is 14.0 Å². The number of carbonyl (C=O) groups is 2. The molecule has 0 atom stereocenters. The first-order valence-electron chi connectivity index (χ1n) is 8.60. The molecule has 1 aliphatic rings. The first kappa shape index (κ1) is 19.0. The first-order valence-corrected chi connectivity index (χ1v) is 8.60. The molecule has 1 aromatic carbocycles. The van der Waals surface area contributed by atoms with Crippen molar-refractivity contribution >= 4 is 17.7 Å². The third-order valence-corrected chi connectivity index (χ3v) is 4.04. The number of benzene rings is 1. The predicted octanol–water partition coefficient (Wildman–Crippen LogP) is 3.17. The molecule has 7 heteroatoms. The van der Waals surface area contributed by atoms with Gasteiger partial charge in [0.2, 0.25) is 0 Å². The molecule has 1 heterocycles. The Hall–Kier alpha value is -2.31. The highest BCUT2D eigenvalue weighted by Crippen LogP contribution is 2.18. The van der Waals surface area contributed by atoms with E-state index >= 15 is 0 Å². The summed E-state index contributed by atoms with van der Waals surface area (Å²) in [4.78, 5) is 25.7. The van der Waals surface area contributed by atoms with E-state index < -0.39 is 0 Å². The summed E-state index contributed by atoms with van der Waals surface area (Å²) in [6.07, 6.45) is 1.68. The van der Waals surface area contributed by atoms with Gasteiger partial charge >= 0.3 is 12.1 Å². The van der Waals surface area contributed by atoms with E-state index in [2.05, 4.69) is 16.0 Å². The Kier molecular flexibility index (Phi) is 6.22. The summed E-state index contributed by atoms with van der Waals surface area (Å²) in [6, 6.07) is 5.37. The van der Waals surface area contributed by atoms with Crippen molar-refractivity contribution in [2.45, 2.75) is 39.2 Å². The lowest BCUT2D eigenvalue weighted by atomic mass is 9.97. The normalized spacial score (nSPS) is 15.6. The van der Waals surface area contributed by atoms with E-state index in [1.807, 2.05) is 20.8 Å². The number of nitrogens with zero attached hydrogens (tertiary/aromatic N) is 1. The molecule has 0 saturated carbocycles. The number of carbonyl (C=O) groups excluding carboxylic acids is 2. The van der Waals surface area contributed by atoms with Crippen LogP contribution < -0.4 is 16.0 Å². The van der Waals surface area contributed by atoms with Gasteiger partial charge < -0.3 is 20.9 Å². The van der Waals surface area contributed by atoms with Crippen LogP contribution in [-0.2, 0) is 0 Å². The summed E-state index contributed by atoms with van der Waals surface area (Å²) < 4.78 is 12.9. The Labute approximate surface area is 148 Å². The van der Waals surface area contributed by atoms with Gasteiger partial charge in [-0.1, -0.05) is 0 Å². The van der Waals surface area contributed by atoms with Crippen LogP contribution in [0.3, 0.4) is 0 Å². The van der Waals surface area contributed by atoms with Crippen molar-refractivity contribution in [3.63, 3.8) is 0 Å². The molecule has 1 fully saturated rings. The number of nitrogens with one attached hydrogen (secondary N) is 3. The molecule has 4 amide bonds. The summed E-state index contributed by atoms with van der Waals surface area (Å²) in [5, 5.41) is 8.53. The van der Waals surface area contributed by atoms with Crippen LogP contribution >= 0.6 is 0 Å². The van der Waals surface area contributed by atoms with Crippen LogP contribution in [0.4, 0.5) is 19.7 Å². The second-order valence-corrected chi connectivity index (χ2v) is 7.45. The summed E-state index contributed by atoms with van der Waals surface area (Å²) in [7, 11) is 0. The van der Waals surface area contributed by atoms with Crippen molar-refractivity contribution in [3.8, 4) is 0 Å². The highest BCUT2D eigenvalue weighted by atomic mass is 19.1. The molecule has 3 N–H and O–H groups in total. The standard InChI is InChI=1S/C18H27FN4O2/c1-18(2,3)22-16(24)20-12-13-8-10-23(11-9-13)17(25)21-15-6-4-14(19)5-7-15/h4-7,13H,8-12H2,1-3H3,(H,21,25)(H2,20,22,24). The van der Waals surface area contributed by atoms with Crippen LogP contribution in [0, 0.1) is 11.7 Å². The predicted molar refractivity (Wildman–Crippen MR) is 96.0 cm³/mol. The number of urea groups is 2. The molecule has 1 aliphatic heterocycles. The quantitative estimate of drug-likeness (QED) is 0.783. The molecule has 6 nitrogen and oxygen atoms in total. The van der Waals surface area contributed by atoms with Gasteiger partial charge in [-0.2, -0.15) is 0 Å². The fourth-order valence-electron chi connectivity index (χ4n) is 2.70. The maximum Gasteiger partial charge on any atom is 0.321 e. The maximum absolute atomic E-state index is 12.9. The fourth-order valence-corrected chi connectivity index (χ4v) is 2.70. The number of halogens is 1. The fraction of sp³-hybridized carbons (Fsp3) is 0.556. The number of rotatable bonds is 3. The average molecular weight is 350 g/mol. The van der Waals surface area contributed by atoms with E-state index in [0.29, 0.717) is 31.2 Å². The zero-order chi connectivity index (χ0) is 18.4. The molecule has 138 valence electrons. The highest BCUT2D eigenvalue weighted by molar-refractivity contribution is 5.89. The molecule has 2 rings (SSSR count). The smallest absolute Gasteiger partial charge is 0.321 e. The zero-order valence-electron chi connectivity index (χ0n) is 15.1. The third kappa shape index (κ3) is 6.60. The molecular weight excluding hydrogens is 323 g/mol. The Balaban J connectivity index is 1.71. The van der Waals surface area contributed by atoms with Gasteiger partial charge in [0, 0.05) is 30.9 Å². The van der Waals surface area contributed by atoms with E-state index in [1.165, 1.54) is 24.3 Å². The van der Waals surface area contributed by atoms with Gasteiger partial charge in [0.1, 0.15) is 5.82 Å². The molecule has 1 saturated heterocycles. The first-order chi connectivity index (χ1) is 11.7. The van der Waals surface area contributed by atoms with Crippen LogP contribution in [0.25, 0.3) is 0 Å². The van der Waals surface area contributed by atoms with E-state index in [9.17, 15) is 14.0 Å². The van der Waals surface area contributed by atoms with E-state index in [4.69, 9.17) is 0 Å². The molecule has 25 heavy (non-hydrogen) atoms. The minimum atomic E-state index is -0.332. The maximum atomic E-state index is 12.9. The van der Waals surface area contributed by atoms with Gasteiger partial charge in [-0.15, -0.1) is 0 Å². The van der Waals surface area contributed by atoms with Crippen LogP contribution in [0.2, 0.25) is 0 Å². The Morgan fingerprint density at radius 1 is 1.16 bits per heavy atom. The largest absolute Gasteiger partial charge is 0.338 e. The molecule has 0 spiro atoms. The van der Waals surface area contributed by atoms with Crippen LogP contribution in [-0.4, -0.2) is 42.1 Å². The van der Waals surface area contributed by atoms with Crippen LogP contribution in [0.1, 0.15) is 33.6 Å². The molecular formula is C18H27FN4O2. The molecule has 1 aromatic rings. The van der Waals surface area contributed by atoms with Gasteiger partial charge in [0.25, 0.3) is 0 Å². The number of hydrogen-bond donors (Lipinski definition) is 3. The average Bonchev–Trinajstić information content (AvgIpc) is 2.54. The van der Waals surface area contributed by atoms with Gasteiger partial charge in [-0.3, -0.25) is 0 Å². The summed E-state index contributed by atoms with van der Waals surface area (Å²) in [6.45, 7) is 7.69. The summed E-state index contributed by atoms with van der Waals surface area (Å²) >= 11 is 0. The minimum absolute atomic E-state index is 0.163. The lowest BCUT2D eigenvalue weighted by molar-refractivity contribution is 0.180. The monoisotopic (exact) mass is 350 g/mol. The van der Waals surface area contributed by atoms with Gasteiger partial charge in [0.15, 0.2) is 0 Å². The zero-order valence-corrected chi connectivity index (χ0v) is 15.1. The summed E-state index contributed by atoms with van der Waals surface area (Å²) in [5.74, 6) is 0.0300. The van der Waals surface area contributed by atoms with Crippen molar-refractivity contribution in [1.29, 1.82) is 0 Å². The Morgan fingerprint density at radius 2 is 1.76 bits per heavy atom. The Morgan fingerprint density at radius 3 is 2.32 bits per heavy atom. The van der Waals surface area contributed by atoms with Crippen LogP contribution in [0.15, 0.2) is 24.3 Å².